The van der Waals surface area contributed by atoms with Crippen LogP contribution >= 0.6 is 23.2 Å². The lowest BCUT2D eigenvalue weighted by Gasteiger charge is -2.32. The van der Waals surface area contributed by atoms with E-state index < -0.39 is 7.12 Å². The third-order valence-corrected chi connectivity index (χ3v) is 5.89. The van der Waals surface area contributed by atoms with Crippen molar-refractivity contribution in [1.29, 1.82) is 0 Å². The van der Waals surface area contributed by atoms with Gasteiger partial charge in [-0.2, -0.15) is 0 Å². The summed E-state index contributed by atoms with van der Waals surface area (Å²) in [6.45, 7) is 10.2. The van der Waals surface area contributed by atoms with Crippen LogP contribution in [0, 0.1) is 6.92 Å². The highest BCUT2D eigenvalue weighted by Gasteiger charge is 2.52. The first-order chi connectivity index (χ1) is 11.1. The van der Waals surface area contributed by atoms with Gasteiger partial charge in [0.1, 0.15) is 0 Å². The molecule has 0 bridgehead atoms. The summed E-state index contributed by atoms with van der Waals surface area (Å²) in [6, 6.07) is 12.0. The van der Waals surface area contributed by atoms with Gasteiger partial charge < -0.3 is 9.31 Å². The van der Waals surface area contributed by atoms with Crippen molar-refractivity contribution in [2.75, 3.05) is 0 Å². The van der Waals surface area contributed by atoms with E-state index in [2.05, 4.69) is 33.8 Å². The van der Waals surface area contributed by atoms with Gasteiger partial charge in [-0.15, -0.1) is 0 Å². The van der Waals surface area contributed by atoms with Crippen molar-refractivity contribution in [3.8, 4) is 11.1 Å². The van der Waals surface area contributed by atoms with Gasteiger partial charge in [-0.1, -0.05) is 47.5 Å². The second kappa shape index (κ2) is 6.07. The van der Waals surface area contributed by atoms with Crippen LogP contribution in [0.2, 0.25) is 10.0 Å². The Morgan fingerprint density at radius 3 is 2.08 bits per heavy atom. The van der Waals surface area contributed by atoms with E-state index >= 15 is 0 Å². The number of hydrogen-bond acceptors (Lipinski definition) is 2. The maximum atomic E-state index is 6.28. The van der Waals surface area contributed by atoms with E-state index in [1.165, 1.54) is 0 Å². The molecule has 0 radical (unpaired) electrons. The van der Waals surface area contributed by atoms with Crippen molar-refractivity contribution in [2.45, 2.75) is 45.8 Å². The van der Waals surface area contributed by atoms with Crippen LogP contribution in [0.15, 0.2) is 36.4 Å². The van der Waals surface area contributed by atoms with Gasteiger partial charge in [0.15, 0.2) is 0 Å². The van der Waals surface area contributed by atoms with E-state index in [0.717, 1.165) is 22.2 Å². The number of rotatable bonds is 2. The minimum absolute atomic E-state index is 0.377. The van der Waals surface area contributed by atoms with E-state index in [4.69, 9.17) is 32.5 Å². The summed E-state index contributed by atoms with van der Waals surface area (Å²) >= 11 is 12.5. The Morgan fingerprint density at radius 1 is 0.917 bits per heavy atom. The quantitative estimate of drug-likeness (QED) is 0.677. The first kappa shape index (κ1) is 17.8. The van der Waals surface area contributed by atoms with Gasteiger partial charge in [0, 0.05) is 0 Å². The third-order valence-electron chi connectivity index (χ3n) is 4.99. The molecule has 0 spiro atoms. The molecule has 0 unspecified atom stereocenters. The molecular formula is C19H21BCl2O2. The maximum Gasteiger partial charge on any atom is 0.495 e. The normalized spacial score (nSPS) is 18.9. The first-order valence-corrected chi connectivity index (χ1v) is 8.78. The largest absolute Gasteiger partial charge is 0.495 e. The molecule has 126 valence electrons. The fraction of sp³-hybridized carbons (Fsp3) is 0.368. The molecule has 0 N–H and O–H groups in total. The third kappa shape index (κ3) is 2.99. The average molecular weight is 363 g/mol. The standard InChI is InChI=1S/C19H21BCl2O2/c1-12-10-13(11-16(21)17(12)22)14-8-6-7-9-15(14)20-23-18(2,3)19(4,5)24-20/h6-11H,1-5H3. The maximum absolute atomic E-state index is 6.28. The Balaban J connectivity index is 2.08. The van der Waals surface area contributed by atoms with Crippen LogP contribution in [0.5, 0.6) is 0 Å². The minimum atomic E-state index is -0.416. The van der Waals surface area contributed by atoms with E-state index in [9.17, 15) is 0 Å². The molecule has 1 fully saturated rings. The molecular weight excluding hydrogens is 342 g/mol. The summed E-state index contributed by atoms with van der Waals surface area (Å²) in [5, 5.41) is 1.14. The Kier molecular flexibility index (Phi) is 4.50. The Morgan fingerprint density at radius 2 is 1.50 bits per heavy atom. The van der Waals surface area contributed by atoms with Crippen molar-refractivity contribution in [2.24, 2.45) is 0 Å². The number of aryl methyl sites for hydroxylation is 1. The zero-order valence-electron chi connectivity index (χ0n) is 14.6. The molecule has 1 aliphatic heterocycles. The molecule has 0 aromatic heterocycles. The molecule has 0 amide bonds. The molecule has 0 saturated carbocycles. The lowest BCUT2D eigenvalue weighted by atomic mass is 9.74. The summed E-state index contributed by atoms with van der Waals surface area (Å²) in [5.74, 6) is 0. The van der Waals surface area contributed by atoms with E-state index in [-0.39, 0.29) is 11.2 Å². The lowest BCUT2D eigenvalue weighted by Crippen LogP contribution is -2.41. The van der Waals surface area contributed by atoms with Crippen molar-refractivity contribution in [3.05, 3.63) is 52.0 Å². The average Bonchev–Trinajstić information content (AvgIpc) is 2.72. The summed E-state index contributed by atoms with van der Waals surface area (Å²) in [4.78, 5) is 0. The van der Waals surface area contributed by atoms with Crippen molar-refractivity contribution < 1.29 is 9.31 Å². The van der Waals surface area contributed by atoms with Crippen molar-refractivity contribution in [3.63, 3.8) is 0 Å². The van der Waals surface area contributed by atoms with E-state index in [1.54, 1.807) is 0 Å². The Bertz CT molecular complexity index is 748. The summed E-state index contributed by atoms with van der Waals surface area (Å²) < 4.78 is 12.4. The summed E-state index contributed by atoms with van der Waals surface area (Å²) in [6.07, 6.45) is 0. The molecule has 2 aromatic carbocycles. The molecule has 24 heavy (non-hydrogen) atoms. The monoisotopic (exact) mass is 362 g/mol. The topological polar surface area (TPSA) is 18.5 Å². The molecule has 2 nitrogen and oxygen atoms in total. The van der Waals surface area contributed by atoms with Gasteiger partial charge in [0.25, 0.3) is 0 Å². The number of hydrogen-bond donors (Lipinski definition) is 0. The molecule has 1 aliphatic rings. The van der Waals surface area contributed by atoms with E-state index in [0.29, 0.717) is 10.0 Å². The first-order valence-electron chi connectivity index (χ1n) is 8.03. The second-order valence-corrected chi connectivity index (χ2v) is 8.05. The Hall–Kier alpha value is -0.995. The smallest absolute Gasteiger partial charge is 0.399 e. The molecule has 1 heterocycles. The second-order valence-electron chi connectivity index (χ2n) is 7.26. The lowest BCUT2D eigenvalue weighted by molar-refractivity contribution is 0.00578. The predicted octanol–water partition coefficient (Wildman–Crippen LogP) is 5.27. The van der Waals surface area contributed by atoms with Crippen LogP contribution in [-0.4, -0.2) is 18.3 Å². The van der Waals surface area contributed by atoms with E-state index in [1.807, 2.05) is 37.3 Å². The van der Waals surface area contributed by atoms with Crippen LogP contribution < -0.4 is 5.46 Å². The molecule has 2 aromatic rings. The number of halogens is 2. The summed E-state index contributed by atoms with van der Waals surface area (Å²) in [7, 11) is -0.416. The SMILES string of the molecule is Cc1cc(-c2ccccc2B2OC(C)(C)C(C)(C)O2)cc(Cl)c1Cl. The van der Waals surface area contributed by atoms with Crippen molar-refractivity contribution >= 4 is 35.8 Å². The van der Waals surface area contributed by atoms with Gasteiger partial charge >= 0.3 is 7.12 Å². The fourth-order valence-electron chi connectivity index (χ4n) is 2.82. The van der Waals surface area contributed by atoms with Crippen LogP contribution in [0.4, 0.5) is 0 Å². The van der Waals surface area contributed by atoms with Crippen molar-refractivity contribution in [1.82, 2.24) is 0 Å². The summed E-state index contributed by atoms with van der Waals surface area (Å²) in [5.41, 5.74) is 3.23. The molecule has 1 saturated heterocycles. The number of benzene rings is 2. The highest BCUT2D eigenvalue weighted by molar-refractivity contribution is 6.64. The highest BCUT2D eigenvalue weighted by Crippen LogP contribution is 2.38. The van der Waals surface area contributed by atoms with Gasteiger partial charge in [-0.05, 0) is 68.9 Å². The van der Waals surface area contributed by atoms with Crippen LogP contribution in [0.25, 0.3) is 11.1 Å². The molecule has 5 heteroatoms. The zero-order valence-corrected chi connectivity index (χ0v) is 16.1. The van der Waals surface area contributed by atoms with Gasteiger partial charge in [-0.25, -0.2) is 0 Å². The van der Waals surface area contributed by atoms with Crippen LogP contribution in [-0.2, 0) is 9.31 Å². The molecule has 0 aliphatic carbocycles. The molecule has 0 atom stereocenters. The van der Waals surface area contributed by atoms with Crippen LogP contribution in [0.1, 0.15) is 33.3 Å². The van der Waals surface area contributed by atoms with Crippen LogP contribution in [0.3, 0.4) is 0 Å². The van der Waals surface area contributed by atoms with Gasteiger partial charge in [0.2, 0.25) is 0 Å². The molecule has 3 rings (SSSR count). The van der Waals surface area contributed by atoms with Gasteiger partial charge in [0.05, 0.1) is 21.2 Å². The fourth-order valence-corrected chi connectivity index (χ4v) is 3.19. The minimum Gasteiger partial charge on any atom is -0.399 e. The van der Waals surface area contributed by atoms with Gasteiger partial charge in [-0.3, -0.25) is 0 Å². The Labute approximate surface area is 154 Å². The highest BCUT2D eigenvalue weighted by atomic mass is 35.5. The predicted molar refractivity (Wildman–Crippen MR) is 102 cm³/mol. The zero-order chi connectivity index (χ0) is 17.7.